The van der Waals surface area contributed by atoms with Crippen LogP contribution in [0.5, 0.6) is 0 Å². The van der Waals surface area contributed by atoms with Crippen molar-refractivity contribution in [2.75, 3.05) is 24.6 Å². The first kappa shape index (κ1) is 22.6. The van der Waals surface area contributed by atoms with E-state index in [0.717, 1.165) is 0 Å². The molecule has 0 aromatic carbocycles. The molecule has 0 N–H and O–H groups in total. The van der Waals surface area contributed by atoms with Crippen molar-refractivity contribution in [3.63, 3.8) is 0 Å². The highest BCUT2D eigenvalue weighted by molar-refractivity contribution is 8.99. The lowest BCUT2D eigenvalue weighted by molar-refractivity contribution is 0.721. The molecule has 0 heterocycles. The summed E-state index contributed by atoms with van der Waals surface area (Å²) in [7, 11) is 0. The Balaban J connectivity index is 5.29. The van der Waals surface area contributed by atoms with Crippen molar-refractivity contribution in [3.05, 3.63) is 0 Å². The van der Waals surface area contributed by atoms with Crippen LogP contribution in [-0.2, 0) is 23.6 Å². The molecule has 0 aromatic heterocycles. The van der Waals surface area contributed by atoms with Crippen LogP contribution in [0.3, 0.4) is 0 Å². The third-order valence-corrected chi connectivity index (χ3v) is 22.9. The number of hydrogen-bond acceptors (Lipinski definition) is 3. The predicted octanol–water partition coefficient (Wildman–Crippen LogP) is 7.13. The van der Waals surface area contributed by atoms with E-state index in [4.69, 9.17) is 23.6 Å². The van der Waals surface area contributed by atoms with Gasteiger partial charge in [0.05, 0.1) is 0 Å². The molecule has 0 spiro atoms. The summed E-state index contributed by atoms with van der Waals surface area (Å²) in [6, 6.07) is 0. The Morgan fingerprint density at radius 1 is 0.571 bits per heavy atom. The first-order chi connectivity index (χ1) is 9.37. The summed E-state index contributed by atoms with van der Waals surface area (Å²) in [6.45, 7) is 18.5. The second kappa shape index (κ2) is 9.83. The van der Waals surface area contributed by atoms with Crippen molar-refractivity contribution in [1.82, 2.24) is 0 Å². The Hall–Kier alpha value is 1.65. The SMILES string of the molecule is CC(C)CP(=S)(CC(C)C)SP(=S)(CC(C)C)CC(C)C. The van der Waals surface area contributed by atoms with E-state index >= 15 is 0 Å². The molecular weight excluding hydrogens is 350 g/mol. The van der Waals surface area contributed by atoms with Crippen LogP contribution in [0.2, 0.25) is 0 Å². The smallest absolute Gasteiger partial charge is 0.0123 e. The van der Waals surface area contributed by atoms with Gasteiger partial charge in [-0.15, -0.1) is 0 Å². The van der Waals surface area contributed by atoms with Crippen LogP contribution in [0.1, 0.15) is 55.4 Å². The molecule has 0 fully saturated rings. The zero-order valence-corrected chi connectivity index (χ0v) is 19.5. The molecular formula is C16H36P2S3. The second-order valence-corrected chi connectivity index (χ2v) is 24.6. The summed E-state index contributed by atoms with van der Waals surface area (Å²) in [5, 5.41) is -2.74. The molecule has 0 amide bonds. The Labute approximate surface area is 148 Å². The second-order valence-electron chi connectivity index (χ2n) is 8.02. The molecule has 0 bridgehead atoms. The van der Waals surface area contributed by atoms with E-state index < -0.39 is 10.5 Å². The molecule has 0 aliphatic carbocycles. The van der Waals surface area contributed by atoms with Crippen LogP contribution < -0.4 is 0 Å². The van der Waals surface area contributed by atoms with Gasteiger partial charge in [-0.25, -0.2) is 0 Å². The summed E-state index contributed by atoms with van der Waals surface area (Å²) in [5.41, 5.74) is 0. The maximum Gasteiger partial charge on any atom is 0.0123 e. The van der Waals surface area contributed by atoms with Crippen LogP contribution in [0.15, 0.2) is 0 Å². The fraction of sp³-hybridized carbons (Fsp3) is 1.00. The lowest BCUT2D eigenvalue weighted by Crippen LogP contribution is -2.07. The van der Waals surface area contributed by atoms with Gasteiger partial charge in [0.15, 0.2) is 0 Å². The van der Waals surface area contributed by atoms with Crippen molar-refractivity contribution in [1.29, 1.82) is 0 Å². The third-order valence-electron chi connectivity index (χ3n) is 2.87. The Morgan fingerprint density at radius 3 is 0.905 bits per heavy atom. The molecule has 0 aromatic rings. The molecule has 0 aliphatic heterocycles. The zero-order valence-electron chi connectivity index (χ0n) is 15.3. The average molecular weight is 387 g/mol. The van der Waals surface area contributed by atoms with E-state index in [1.54, 1.807) is 0 Å². The standard InChI is InChI=1S/C16H36P2S3/c1-13(2)9-17(19,10-14(3)4)21-18(20,11-15(5)6)12-16(7)8/h13-16H,9-12H2,1-8H3. The van der Waals surface area contributed by atoms with Gasteiger partial charge < -0.3 is 0 Å². The summed E-state index contributed by atoms with van der Waals surface area (Å²) in [4.78, 5) is 0. The quantitative estimate of drug-likeness (QED) is 0.366. The van der Waals surface area contributed by atoms with Crippen molar-refractivity contribution in [2.24, 2.45) is 23.7 Å². The van der Waals surface area contributed by atoms with Gasteiger partial charge in [0.1, 0.15) is 0 Å². The predicted molar refractivity (Wildman–Crippen MR) is 115 cm³/mol. The molecule has 0 radical (unpaired) electrons. The first-order valence-electron chi connectivity index (χ1n) is 8.25. The van der Waals surface area contributed by atoms with E-state index in [2.05, 4.69) is 66.4 Å². The zero-order chi connectivity index (χ0) is 16.8. The topological polar surface area (TPSA) is 0 Å². The van der Waals surface area contributed by atoms with Gasteiger partial charge in [-0.05, 0) is 48.3 Å². The highest BCUT2D eigenvalue weighted by Gasteiger charge is 2.30. The Bertz CT molecular complexity index is 323. The molecule has 0 atom stereocenters. The highest BCUT2D eigenvalue weighted by Crippen LogP contribution is 2.79. The lowest BCUT2D eigenvalue weighted by atomic mass is 10.3. The van der Waals surface area contributed by atoms with E-state index in [-0.39, 0.29) is 0 Å². The van der Waals surface area contributed by atoms with Crippen molar-refractivity contribution in [2.45, 2.75) is 55.4 Å². The summed E-state index contributed by atoms with van der Waals surface area (Å²) >= 11 is 14.6. The minimum absolute atomic E-state index is 0.698. The van der Waals surface area contributed by atoms with Gasteiger partial charge in [0.2, 0.25) is 0 Å². The molecule has 21 heavy (non-hydrogen) atoms. The minimum Gasteiger partial charge on any atom is -0.0863 e. The van der Waals surface area contributed by atoms with Gasteiger partial charge >= 0.3 is 0 Å². The van der Waals surface area contributed by atoms with Crippen LogP contribution >= 0.6 is 21.5 Å². The van der Waals surface area contributed by atoms with Crippen LogP contribution in [0, 0.1) is 23.7 Å². The van der Waals surface area contributed by atoms with Crippen LogP contribution in [0.25, 0.3) is 0 Å². The molecule has 5 heteroatoms. The molecule has 128 valence electrons. The molecule has 0 unspecified atom stereocenters. The first-order valence-corrected chi connectivity index (χ1v) is 16.6. The van der Waals surface area contributed by atoms with E-state index in [9.17, 15) is 0 Å². The van der Waals surface area contributed by atoms with Crippen LogP contribution in [0.4, 0.5) is 0 Å². The molecule has 0 saturated heterocycles. The summed E-state index contributed by atoms with van der Waals surface area (Å²) in [5.74, 6) is 2.79. The largest absolute Gasteiger partial charge is 0.0863 e. The van der Waals surface area contributed by atoms with Crippen LogP contribution in [-0.4, -0.2) is 24.6 Å². The van der Waals surface area contributed by atoms with Gasteiger partial charge in [-0.3, -0.25) is 0 Å². The minimum atomic E-state index is -1.37. The lowest BCUT2D eigenvalue weighted by Gasteiger charge is -2.33. The van der Waals surface area contributed by atoms with E-state index in [0.29, 0.717) is 23.7 Å². The van der Waals surface area contributed by atoms with Gasteiger partial charge in [0, 0.05) is 10.5 Å². The third kappa shape index (κ3) is 10.9. The van der Waals surface area contributed by atoms with Crippen molar-refractivity contribution in [3.8, 4) is 0 Å². The monoisotopic (exact) mass is 386 g/mol. The maximum absolute atomic E-state index is 6.24. The molecule has 0 nitrogen and oxygen atoms in total. The Kier molecular flexibility index (Phi) is 10.6. The molecule has 0 aliphatic rings. The van der Waals surface area contributed by atoms with Crippen molar-refractivity contribution >= 4 is 45.1 Å². The summed E-state index contributed by atoms with van der Waals surface area (Å²) < 4.78 is 0. The molecule has 0 rings (SSSR count). The van der Waals surface area contributed by atoms with Gasteiger partial charge in [-0.1, -0.05) is 90.0 Å². The highest BCUT2D eigenvalue weighted by atomic mass is 33.2. The van der Waals surface area contributed by atoms with Gasteiger partial charge in [-0.2, -0.15) is 0 Å². The fourth-order valence-electron chi connectivity index (χ4n) is 2.78. The van der Waals surface area contributed by atoms with Gasteiger partial charge in [0.25, 0.3) is 0 Å². The average Bonchev–Trinajstić information content (AvgIpc) is 2.07. The Morgan fingerprint density at radius 2 is 0.762 bits per heavy atom. The van der Waals surface area contributed by atoms with Crippen molar-refractivity contribution < 1.29 is 0 Å². The maximum atomic E-state index is 6.24. The van der Waals surface area contributed by atoms with E-state index in [1.807, 2.05) is 0 Å². The number of rotatable bonds is 10. The molecule has 0 saturated carbocycles. The number of hydrogen-bond donors (Lipinski definition) is 0. The summed E-state index contributed by atoms with van der Waals surface area (Å²) in [6.07, 6.45) is 4.89. The normalized spacial score (nSPS) is 13.9. The van der Waals surface area contributed by atoms with E-state index in [1.165, 1.54) is 24.6 Å². The fourth-order valence-corrected chi connectivity index (χ4v) is 33.2.